The Bertz CT molecular complexity index is 1490. The Labute approximate surface area is 248 Å². The Morgan fingerprint density at radius 1 is 1.12 bits per heavy atom. The van der Waals surface area contributed by atoms with Gasteiger partial charge in [0.05, 0.1) is 17.9 Å². The fraction of sp³-hybridized carbons (Fsp3) is 0.588. The van der Waals surface area contributed by atoms with Crippen LogP contribution in [0.15, 0.2) is 41.5 Å². The number of imidazole rings is 1. The van der Waals surface area contributed by atoms with Gasteiger partial charge >= 0.3 is 0 Å². The summed E-state index contributed by atoms with van der Waals surface area (Å²) in [5, 5.41) is 5.03. The van der Waals surface area contributed by atoms with Crippen LogP contribution in [0.1, 0.15) is 102 Å². The Morgan fingerprint density at radius 3 is 2.67 bits per heavy atom. The molecule has 3 aromatic rings. The van der Waals surface area contributed by atoms with Gasteiger partial charge in [0.25, 0.3) is 5.56 Å². The molecule has 1 saturated heterocycles. The number of amides is 1. The van der Waals surface area contributed by atoms with Gasteiger partial charge in [-0.2, -0.15) is 0 Å². The van der Waals surface area contributed by atoms with Crippen molar-refractivity contribution in [2.75, 3.05) is 19.6 Å². The third kappa shape index (κ3) is 6.10. The Kier molecular flexibility index (Phi) is 8.35. The zero-order chi connectivity index (χ0) is 29.3. The normalized spacial score (nSPS) is 20.6. The smallest absolute Gasteiger partial charge is 0.258 e. The maximum absolute atomic E-state index is 13.5. The molecule has 2 atom stereocenters. The molecule has 8 heteroatoms. The summed E-state index contributed by atoms with van der Waals surface area (Å²) in [5.74, 6) is 1.32. The molecule has 42 heavy (non-hydrogen) atoms. The Morgan fingerprint density at radius 2 is 1.93 bits per heavy atom. The number of pyridine rings is 1. The molecule has 3 fully saturated rings. The van der Waals surface area contributed by atoms with Crippen LogP contribution in [-0.2, 0) is 9.59 Å². The van der Waals surface area contributed by atoms with Crippen molar-refractivity contribution in [2.24, 2.45) is 11.3 Å². The highest BCUT2D eigenvalue weighted by Gasteiger charge is 2.58. The first-order chi connectivity index (χ1) is 20.4. The number of unbranched alkanes of at least 4 members (excludes halogenated alkanes) is 2. The van der Waals surface area contributed by atoms with Crippen molar-refractivity contribution in [2.45, 2.75) is 96.6 Å². The summed E-state index contributed by atoms with van der Waals surface area (Å²) in [5.41, 5.74) is 2.10. The first kappa shape index (κ1) is 28.8. The van der Waals surface area contributed by atoms with Crippen molar-refractivity contribution in [1.29, 1.82) is 0 Å². The highest BCUT2D eigenvalue weighted by molar-refractivity contribution is 5.86. The molecule has 0 radical (unpaired) electrons. The SMILES string of the molecule is CCC(=O)CCCCC[C@H](NC(=O)[C@H]1CC12CCN(CC)CC2)c1ncc(-c2ccc3c(=O)n(C4CC4)ccc3c2)[nH]1. The molecule has 3 aliphatic rings. The molecule has 1 spiro atoms. The minimum atomic E-state index is -0.201. The van der Waals surface area contributed by atoms with Crippen LogP contribution in [0.4, 0.5) is 0 Å². The van der Waals surface area contributed by atoms with Crippen molar-refractivity contribution in [3.05, 3.63) is 52.8 Å². The average Bonchev–Trinajstić information content (AvgIpc) is 3.92. The summed E-state index contributed by atoms with van der Waals surface area (Å²) < 4.78 is 1.86. The molecule has 224 valence electrons. The number of piperidine rings is 1. The van der Waals surface area contributed by atoms with Crippen molar-refractivity contribution >= 4 is 22.5 Å². The highest BCUT2D eigenvalue weighted by Crippen LogP contribution is 2.59. The van der Waals surface area contributed by atoms with Crippen LogP contribution in [-0.4, -0.2) is 50.8 Å². The van der Waals surface area contributed by atoms with Crippen molar-refractivity contribution < 1.29 is 9.59 Å². The molecular weight excluding hydrogens is 526 g/mol. The van der Waals surface area contributed by atoms with Crippen LogP contribution in [0.2, 0.25) is 0 Å². The lowest BCUT2D eigenvalue weighted by atomic mass is 9.90. The van der Waals surface area contributed by atoms with Crippen LogP contribution >= 0.6 is 0 Å². The van der Waals surface area contributed by atoms with E-state index in [1.54, 1.807) is 0 Å². The van der Waals surface area contributed by atoms with E-state index in [2.05, 4.69) is 22.1 Å². The molecule has 8 nitrogen and oxygen atoms in total. The van der Waals surface area contributed by atoms with E-state index < -0.39 is 0 Å². The van der Waals surface area contributed by atoms with Gasteiger partial charge in [-0.15, -0.1) is 0 Å². The number of ketones is 1. The maximum Gasteiger partial charge on any atom is 0.258 e. The minimum absolute atomic E-state index is 0.0773. The van der Waals surface area contributed by atoms with E-state index in [1.165, 1.54) is 0 Å². The number of H-pyrrole nitrogens is 1. The maximum atomic E-state index is 13.5. The molecule has 0 bridgehead atoms. The lowest BCUT2D eigenvalue weighted by Gasteiger charge is -2.32. The van der Waals surface area contributed by atoms with E-state index >= 15 is 0 Å². The van der Waals surface area contributed by atoms with Crippen LogP contribution in [0.25, 0.3) is 22.0 Å². The number of Topliss-reactive ketones (excluding diaryl/α,β-unsaturated/α-hetero) is 1. The van der Waals surface area contributed by atoms with E-state index in [-0.39, 0.29) is 28.8 Å². The second kappa shape index (κ2) is 12.2. The number of hydrogen-bond acceptors (Lipinski definition) is 5. The number of aromatic amines is 1. The van der Waals surface area contributed by atoms with Gasteiger partial charge in [-0.1, -0.05) is 32.8 Å². The molecule has 2 aliphatic carbocycles. The van der Waals surface area contributed by atoms with Crippen LogP contribution in [0.5, 0.6) is 0 Å². The molecule has 1 aliphatic heterocycles. The van der Waals surface area contributed by atoms with E-state index in [1.807, 2.05) is 48.1 Å². The number of rotatable bonds is 13. The predicted molar refractivity (Wildman–Crippen MR) is 165 cm³/mol. The number of nitrogens with one attached hydrogen (secondary N) is 2. The number of benzene rings is 1. The van der Waals surface area contributed by atoms with Crippen LogP contribution in [0, 0.1) is 11.3 Å². The van der Waals surface area contributed by atoms with Gasteiger partial charge in [0.2, 0.25) is 5.91 Å². The second-order valence-electron chi connectivity index (χ2n) is 12.8. The second-order valence-corrected chi connectivity index (χ2v) is 12.8. The quantitative estimate of drug-likeness (QED) is 0.248. The number of carbonyl (C=O) groups excluding carboxylic acids is 2. The van der Waals surface area contributed by atoms with E-state index in [0.717, 1.165) is 105 Å². The Balaban J connectivity index is 1.16. The summed E-state index contributed by atoms with van der Waals surface area (Å²) in [6.45, 7) is 7.37. The Hall–Kier alpha value is -3.26. The van der Waals surface area contributed by atoms with E-state index in [4.69, 9.17) is 4.98 Å². The number of nitrogens with zero attached hydrogens (tertiary/aromatic N) is 3. The van der Waals surface area contributed by atoms with Gasteiger partial charge < -0.3 is 19.8 Å². The first-order valence-electron chi connectivity index (χ1n) is 16.2. The van der Waals surface area contributed by atoms with Gasteiger partial charge in [-0.3, -0.25) is 14.4 Å². The van der Waals surface area contributed by atoms with Crippen LogP contribution in [0.3, 0.4) is 0 Å². The van der Waals surface area contributed by atoms with Gasteiger partial charge in [0.15, 0.2) is 0 Å². The zero-order valence-corrected chi connectivity index (χ0v) is 25.2. The number of carbonyl (C=O) groups is 2. The van der Waals surface area contributed by atoms with Gasteiger partial charge in [-0.25, -0.2) is 4.98 Å². The van der Waals surface area contributed by atoms with Gasteiger partial charge in [-0.05, 0) is 93.6 Å². The summed E-state index contributed by atoms with van der Waals surface area (Å²) >= 11 is 0. The van der Waals surface area contributed by atoms with Crippen LogP contribution < -0.4 is 10.9 Å². The minimum Gasteiger partial charge on any atom is -0.346 e. The zero-order valence-electron chi connectivity index (χ0n) is 25.2. The topological polar surface area (TPSA) is 100 Å². The molecule has 3 heterocycles. The summed E-state index contributed by atoms with van der Waals surface area (Å²) in [6.07, 6.45) is 13.9. The van der Waals surface area contributed by atoms with E-state index in [0.29, 0.717) is 24.7 Å². The lowest BCUT2D eigenvalue weighted by molar-refractivity contribution is -0.124. The molecule has 6 rings (SSSR count). The predicted octanol–water partition coefficient (Wildman–Crippen LogP) is 5.94. The summed E-state index contributed by atoms with van der Waals surface area (Å²) in [7, 11) is 0. The number of likely N-dealkylation sites (tertiary alicyclic amines) is 1. The standard InChI is InChI=1S/C34H45N5O3/c1-3-26(40)8-6-5-7-9-29(37-32(41)28-21-34(28)15-18-38(4-2)19-16-34)31-35-22-30(36-31)24-10-13-27-23(20-24)14-17-39(33(27)42)25-11-12-25/h10,13-14,17,20,22,25,28-29H,3-9,11-12,15-16,18-19,21H2,1-2H3,(H,35,36)(H,37,41)/t28-,29+/m1/s1. The third-order valence-corrected chi connectivity index (χ3v) is 10.1. The van der Waals surface area contributed by atoms with Crippen molar-refractivity contribution in [3.8, 4) is 11.3 Å². The van der Waals surface area contributed by atoms with Crippen molar-refractivity contribution in [1.82, 2.24) is 24.8 Å². The van der Waals surface area contributed by atoms with Crippen molar-refractivity contribution in [3.63, 3.8) is 0 Å². The first-order valence-corrected chi connectivity index (χ1v) is 16.2. The molecule has 2 aromatic heterocycles. The van der Waals surface area contributed by atoms with Gasteiger partial charge in [0.1, 0.15) is 11.6 Å². The fourth-order valence-electron chi connectivity index (χ4n) is 6.89. The largest absolute Gasteiger partial charge is 0.346 e. The molecule has 2 saturated carbocycles. The molecule has 1 amide bonds. The fourth-order valence-corrected chi connectivity index (χ4v) is 6.89. The number of hydrogen-bond donors (Lipinski definition) is 2. The summed E-state index contributed by atoms with van der Waals surface area (Å²) in [6, 6.07) is 8.12. The third-order valence-electron chi connectivity index (χ3n) is 10.1. The number of aromatic nitrogens is 3. The molecule has 2 N–H and O–H groups in total. The van der Waals surface area contributed by atoms with E-state index in [9.17, 15) is 14.4 Å². The molecule has 0 unspecified atom stereocenters. The average molecular weight is 572 g/mol. The lowest BCUT2D eigenvalue weighted by Crippen LogP contribution is -2.37. The molecule has 1 aromatic carbocycles. The monoisotopic (exact) mass is 571 g/mol. The number of fused-ring (bicyclic) bond motifs is 1. The van der Waals surface area contributed by atoms with Gasteiger partial charge in [0, 0.05) is 41.9 Å². The highest BCUT2D eigenvalue weighted by atomic mass is 16.2. The molecular formula is C34H45N5O3. The summed E-state index contributed by atoms with van der Waals surface area (Å²) in [4.78, 5) is 48.9.